The zero-order chi connectivity index (χ0) is 11.6. The molecule has 0 atom stereocenters. The Morgan fingerprint density at radius 2 is 1.57 bits per heavy atom. The Hall–Kier alpha value is -0.720. The Labute approximate surface area is 80.7 Å². The molecule has 84 valence electrons. The van der Waals surface area contributed by atoms with Crippen LogP contribution in [0.15, 0.2) is 12.3 Å². The minimum atomic E-state index is -5.51. The van der Waals surface area contributed by atoms with Gasteiger partial charge in [0.2, 0.25) is 0 Å². The summed E-state index contributed by atoms with van der Waals surface area (Å²) < 4.78 is 59.4. The molecule has 0 radical (unpaired) electrons. The smallest absolute Gasteiger partial charge is 0.384 e. The molecule has 0 heterocycles. The van der Waals surface area contributed by atoms with Gasteiger partial charge in [-0.05, 0) is 11.5 Å². The maximum Gasteiger partial charge on any atom is 0.534 e. The van der Waals surface area contributed by atoms with E-state index in [1.54, 1.807) is 20.8 Å². The number of halogens is 3. The average molecular weight is 232 g/mol. The lowest BCUT2D eigenvalue weighted by atomic mass is 9.98. The molecule has 14 heavy (non-hydrogen) atoms. The van der Waals surface area contributed by atoms with Crippen LogP contribution in [0.4, 0.5) is 13.2 Å². The second kappa shape index (κ2) is 3.80. The van der Waals surface area contributed by atoms with Gasteiger partial charge in [-0.25, -0.2) is 0 Å². The van der Waals surface area contributed by atoms with Crippen LogP contribution < -0.4 is 0 Å². The van der Waals surface area contributed by atoms with E-state index in [1.165, 1.54) is 6.08 Å². The van der Waals surface area contributed by atoms with Crippen molar-refractivity contribution in [2.24, 2.45) is 5.41 Å². The zero-order valence-corrected chi connectivity index (χ0v) is 8.74. The molecule has 0 fully saturated rings. The summed E-state index contributed by atoms with van der Waals surface area (Å²) in [5.74, 6) is 0. The fraction of sp³-hybridized carbons (Fsp3) is 0.714. The second-order valence-electron chi connectivity index (χ2n) is 3.66. The van der Waals surface area contributed by atoms with Gasteiger partial charge in [0.05, 0.1) is 0 Å². The maximum absolute atomic E-state index is 11.7. The average Bonchev–Trinajstić information content (AvgIpc) is 1.80. The van der Waals surface area contributed by atoms with Crippen molar-refractivity contribution >= 4 is 10.1 Å². The summed E-state index contributed by atoms with van der Waals surface area (Å²) in [6.07, 6.45) is 1.75. The van der Waals surface area contributed by atoms with E-state index in [0.717, 1.165) is 0 Å². The summed E-state index contributed by atoms with van der Waals surface area (Å²) >= 11 is 0. The van der Waals surface area contributed by atoms with Crippen LogP contribution >= 0.6 is 0 Å². The number of allylic oxidation sites excluding steroid dienone is 1. The van der Waals surface area contributed by atoms with Gasteiger partial charge in [-0.2, -0.15) is 21.6 Å². The summed E-state index contributed by atoms with van der Waals surface area (Å²) in [6, 6.07) is 0. The molecule has 0 spiro atoms. The van der Waals surface area contributed by atoms with Crippen molar-refractivity contribution in [3.05, 3.63) is 12.3 Å². The third-order valence-electron chi connectivity index (χ3n) is 1.03. The van der Waals surface area contributed by atoms with E-state index >= 15 is 0 Å². The normalized spacial score (nSPS) is 14.7. The molecule has 0 saturated carbocycles. The lowest BCUT2D eigenvalue weighted by molar-refractivity contribution is -0.0515. The first-order valence-electron chi connectivity index (χ1n) is 3.63. The number of hydrogen-bond donors (Lipinski definition) is 0. The van der Waals surface area contributed by atoms with Crippen LogP contribution in [0.5, 0.6) is 0 Å². The fourth-order valence-electron chi connectivity index (χ4n) is 0.360. The van der Waals surface area contributed by atoms with Gasteiger partial charge in [0.15, 0.2) is 0 Å². The first-order valence-corrected chi connectivity index (χ1v) is 5.04. The summed E-state index contributed by atoms with van der Waals surface area (Å²) in [5.41, 5.74) is -5.82. The molecule has 0 bridgehead atoms. The van der Waals surface area contributed by atoms with Crippen LogP contribution in [-0.2, 0) is 14.3 Å². The monoisotopic (exact) mass is 232 g/mol. The molecule has 0 aliphatic carbocycles. The molecule has 0 aromatic rings. The molecule has 0 aromatic heterocycles. The highest BCUT2D eigenvalue weighted by atomic mass is 32.2. The molecule has 0 aliphatic rings. The van der Waals surface area contributed by atoms with Crippen LogP contribution in [0.1, 0.15) is 20.8 Å². The first-order chi connectivity index (χ1) is 5.96. The molecule has 0 saturated heterocycles. The molecule has 3 nitrogen and oxygen atoms in total. The zero-order valence-electron chi connectivity index (χ0n) is 7.92. The van der Waals surface area contributed by atoms with E-state index in [4.69, 9.17) is 0 Å². The van der Waals surface area contributed by atoms with Gasteiger partial charge in [0.25, 0.3) is 0 Å². The van der Waals surface area contributed by atoms with Gasteiger partial charge in [0, 0.05) is 0 Å². The Balaban J connectivity index is 4.52. The highest BCUT2D eigenvalue weighted by molar-refractivity contribution is 7.87. The Morgan fingerprint density at radius 1 is 1.14 bits per heavy atom. The molecule has 0 rings (SSSR count). The molecule has 0 amide bonds. The Bertz CT molecular complexity index is 308. The van der Waals surface area contributed by atoms with Crippen molar-refractivity contribution in [3.63, 3.8) is 0 Å². The van der Waals surface area contributed by atoms with Crippen molar-refractivity contribution in [1.82, 2.24) is 0 Å². The first kappa shape index (κ1) is 13.3. The molecule has 0 aromatic carbocycles. The predicted octanol–water partition coefficient (Wildman–Crippen LogP) is 2.41. The van der Waals surface area contributed by atoms with Gasteiger partial charge >= 0.3 is 15.6 Å². The van der Waals surface area contributed by atoms with Gasteiger partial charge in [-0.15, -0.1) is 0 Å². The summed E-state index contributed by atoms with van der Waals surface area (Å²) in [6.45, 7) is 5.06. The number of rotatable bonds is 2. The van der Waals surface area contributed by atoms with Crippen LogP contribution in [0.25, 0.3) is 0 Å². The van der Waals surface area contributed by atoms with Crippen LogP contribution in [0.2, 0.25) is 0 Å². The number of alkyl halides is 3. The fourth-order valence-corrected chi connectivity index (χ4v) is 0.671. The summed E-state index contributed by atoms with van der Waals surface area (Å²) in [4.78, 5) is 0. The van der Waals surface area contributed by atoms with E-state index in [0.29, 0.717) is 6.26 Å². The molecular formula is C7H11F3O3S. The summed E-state index contributed by atoms with van der Waals surface area (Å²) in [7, 11) is -5.51. The molecule has 0 N–H and O–H groups in total. The largest absolute Gasteiger partial charge is 0.534 e. The SMILES string of the molecule is CC(C)(C)C=COS(=O)(=O)C(F)(F)F. The highest BCUT2D eigenvalue weighted by Gasteiger charge is 2.47. The van der Waals surface area contributed by atoms with E-state index < -0.39 is 21.0 Å². The van der Waals surface area contributed by atoms with Gasteiger partial charge in [0.1, 0.15) is 6.26 Å². The number of hydrogen-bond acceptors (Lipinski definition) is 3. The van der Waals surface area contributed by atoms with E-state index in [9.17, 15) is 21.6 Å². The van der Waals surface area contributed by atoms with Crippen LogP contribution in [0.3, 0.4) is 0 Å². The third-order valence-corrected chi connectivity index (χ3v) is 1.97. The van der Waals surface area contributed by atoms with E-state index in [2.05, 4.69) is 4.18 Å². The molecule has 0 aliphatic heterocycles. The maximum atomic E-state index is 11.7. The Morgan fingerprint density at radius 3 is 1.86 bits per heavy atom. The van der Waals surface area contributed by atoms with Crippen molar-refractivity contribution in [3.8, 4) is 0 Å². The molecule has 0 unspecified atom stereocenters. The second-order valence-corrected chi connectivity index (χ2v) is 5.23. The van der Waals surface area contributed by atoms with Gasteiger partial charge in [-0.1, -0.05) is 20.8 Å². The quantitative estimate of drug-likeness (QED) is 0.417. The van der Waals surface area contributed by atoms with Crippen molar-refractivity contribution < 1.29 is 25.8 Å². The van der Waals surface area contributed by atoms with E-state index in [-0.39, 0.29) is 0 Å². The van der Waals surface area contributed by atoms with Crippen molar-refractivity contribution in [1.29, 1.82) is 0 Å². The van der Waals surface area contributed by atoms with E-state index in [1.807, 2.05) is 0 Å². The van der Waals surface area contributed by atoms with Gasteiger partial charge < -0.3 is 4.18 Å². The van der Waals surface area contributed by atoms with Gasteiger partial charge in [-0.3, -0.25) is 0 Å². The van der Waals surface area contributed by atoms with Crippen LogP contribution in [0, 0.1) is 5.41 Å². The van der Waals surface area contributed by atoms with Crippen LogP contribution in [-0.4, -0.2) is 13.9 Å². The minimum absolute atomic E-state index is 0.443. The minimum Gasteiger partial charge on any atom is -0.384 e. The van der Waals surface area contributed by atoms with Crippen molar-refractivity contribution in [2.75, 3.05) is 0 Å². The molecular weight excluding hydrogens is 221 g/mol. The standard InChI is InChI=1S/C7H11F3O3S/c1-6(2,3)4-5-13-14(11,12)7(8,9)10/h4-5H,1-3H3. The molecule has 7 heteroatoms. The lowest BCUT2D eigenvalue weighted by Crippen LogP contribution is -2.23. The lowest BCUT2D eigenvalue weighted by Gasteiger charge is -2.11. The topological polar surface area (TPSA) is 43.4 Å². The predicted molar refractivity (Wildman–Crippen MR) is 44.7 cm³/mol. The summed E-state index contributed by atoms with van der Waals surface area (Å²) in [5, 5.41) is 0. The highest BCUT2D eigenvalue weighted by Crippen LogP contribution is 2.25. The Kier molecular flexibility index (Phi) is 3.60. The third kappa shape index (κ3) is 4.50. The van der Waals surface area contributed by atoms with Crippen molar-refractivity contribution in [2.45, 2.75) is 26.3 Å².